The number of hydrogen-bond acceptors (Lipinski definition) is 9. The van der Waals surface area contributed by atoms with Crippen LogP contribution >= 0.6 is 8.60 Å². The first kappa shape index (κ1) is 36.1. The number of amides is 2. The van der Waals surface area contributed by atoms with E-state index in [0.717, 1.165) is 17.5 Å². The Morgan fingerprint density at radius 1 is 1.04 bits per heavy atom. The number of aromatic nitrogens is 2. The molecule has 1 aliphatic heterocycles. The van der Waals surface area contributed by atoms with Gasteiger partial charge in [0.05, 0.1) is 37.4 Å². The molecule has 1 aliphatic rings. The number of anilines is 2. The van der Waals surface area contributed by atoms with Gasteiger partial charge in [-0.2, -0.15) is 0 Å². The van der Waals surface area contributed by atoms with Crippen molar-refractivity contribution in [3.8, 4) is 11.1 Å². The van der Waals surface area contributed by atoms with E-state index in [9.17, 15) is 4.79 Å². The van der Waals surface area contributed by atoms with Crippen LogP contribution < -0.4 is 21.3 Å². The molecule has 1 fully saturated rings. The summed E-state index contributed by atoms with van der Waals surface area (Å²) >= 11 is 0. The van der Waals surface area contributed by atoms with Crippen LogP contribution in [0.25, 0.3) is 11.1 Å². The fourth-order valence-corrected chi connectivity index (χ4v) is 6.56. The SMILES string of the molecule is CCNC(=O)NCN(C)c1c(N)cc(-c2cnc(C(C)(C)OP(OCc3ccccc3)OCc3ccccc3)nc2)c(F)c1C1CCCO1. The molecule has 0 saturated carbocycles. The van der Waals surface area contributed by atoms with E-state index < -0.39 is 26.1 Å². The van der Waals surface area contributed by atoms with Gasteiger partial charge in [-0.1, -0.05) is 60.7 Å². The van der Waals surface area contributed by atoms with Crippen LogP contribution in [0.2, 0.25) is 0 Å². The third-order valence-electron chi connectivity index (χ3n) is 7.91. The van der Waals surface area contributed by atoms with Gasteiger partial charge >= 0.3 is 14.6 Å². The van der Waals surface area contributed by atoms with Gasteiger partial charge in [0.25, 0.3) is 0 Å². The number of urea groups is 1. The van der Waals surface area contributed by atoms with Crippen LogP contribution in [-0.2, 0) is 37.1 Å². The molecular weight excluding hydrogens is 646 g/mol. The zero-order valence-electron chi connectivity index (χ0n) is 28.3. The zero-order chi connectivity index (χ0) is 34.8. The average molecular weight is 691 g/mol. The molecule has 5 rings (SSSR count). The fraction of sp³-hybridized carbons (Fsp3) is 0.361. The highest BCUT2D eigenvalue weighted by Gasteiger charge is 2.33. The van der Waals surface area contributed by atoms with Crippen molar-refractivity contribution in [3.63, 3.8) is 0 Å². The molecule has 0 bridgehead atoms. The van der Waals surface area contributed by atoms with Crippen LogP contribution in [0.4, 0.5) is 20.6 Å². The number of nitrogens with zero attached hydrogens (tertiary/aromatic N) is 3. The fourth-order valence-electron chi connectivity index (χ4n) is 5.42. The predicted octanol–water partition coefficient (Wildman–Crippen LogP) is 7.34. The number of benzene rings is 3. The van der Waals surface area contributed by atoms with E-state index in [-0.39, 0.29) is 18.3 Å². The lowest BCUT2D eigenvalue weighted by molar-refractivity contribution is 0.0480. The van der Waals surface area contributed by atoms with Crippen molar-refractivity contribution in [1.82, 2.24) is 20.6 Å². The number of ether oxygens (including phenoxy) is 1. The molecule has 2 amide bonds. The van der Waals surface area contributed by atoms with Gasteiger partial charge in [-0.25, -0.2) is 19.2 Å². The maximum absolute atomic E-state index is 16.5. The van der Waals surface area contributed by atoms with Crippen LogP contribution in [0, 0.1) is 5.82 Å². The van der Waals surface area contributed by atoms with E-state index >= 15 is 4.39 Å². The van der Waals surface area contributed by atoms with Gasteiger partial charge in [-0.3, -0.25) is 4.52 Å². The number of halogens is 1. The number of carbonyl (C=O) groups is 1. The van der Waals surface area contributed by atoms with Gasteiger partial charge < -0.3 is 35.1 Å². The lowest BCUT2D eigenvalue weighted by Gasteiger charge is -2.28. The Morgan fingerprint density at radius 2 is 1.65 bits per heavy atom. The zero-order valence-corrected chi connectivity index (χ0v) is 29.2. The van der Waals surface area contributed by atoms with Gasteiger partial charge in [-0.05, 0) is 50.8 Å². The molecule has 1 aromatic heterocycles. The molecule has 11 nitrogen and oxygen atoms in total. The summed E-state index contributed by atoms with van der Waals surface area (Å²) in [5.41, 5.74) is 9.39. The minimum Gasteiger partial charge on any atom is -0.397 e. The summed E-state index contributed by atoms with van der Waals surface area (Å²) in [7, 11) is -0.0680. The Morgan fingerprint density at radius 3 is 2.20 bits per heavy atom. The van der Waals surface area contributed by atoms with Crippen molar-refractivity contribution in [2.75, 3.05) is 37.5 Å². The van der Waals surface area contributed by atoms with Crippen molar-refractivity contribution in [3.05, 3.63) is 107 Å². The molecular formula is C36H44FN6O5P. The number of nitrogens with two attached hydrogens (primary N) is 1. The summed E-state index contributed by atoms with van der Waals surface area (Å²) in [6.45, 7) is 7.23. The monoisotopic (exact) mass is 690 g/mol. The first-order valence-electron chi connectivity index (χ1n) is 16.3. The molecule has 1 unspecified atom stereocenters. The lowest BCUT2D eigenvalue weighted by Crippen LogP contribution is -2.42. The highest BCUT2D eigenvalue weighted by Crippen LogP contribution is 2.48. The topological polar surface area (TPSA) is 133 Å². The number of nitrogen functional groups attached to an aromatic ring is 1. The maximum Gasteiger partial charge on any atom is 0.334 e. The van der Waals surface area contributed by atoms with Gasteiger partial charge in [-0.15, -0.1) is 0 Å². The Kier molecular flexibility index (Phi) is 12.5. The second kappa shape index (κ2) is 17.0. The minimum atomic E-state index is -1.82. The molecule has 49 heavy (non-hydrogen) atoms. The van der Waals surface area contributed by atoms with E-state index in [2.05, 4.69) is 20.6 Å². The standard InChI is InChI=1S/C36H44FN6O5P/c1-5-39-35(44)42-24-43(4)33-29(38)19-28(32(37)31(33)30-17-12-18-45-30)27-20-40-34(41-21-27)36(2,3)48-49(46-22-25-13-8-6-9-14-25)47-23-26-15-10-7-11-16-26/h6-11,13-16,19-21,30H,5,12,17-18,22-24,38H2,1-4H3,(H2,39,42,44). The van der Waals surface area contributed by atoms with Crippen LogP contribution in [0.5, 0.6) is 0 Å². The average Bonchev–Trinajstić information content (AvgIpc) is 3.65. The van der Waals surface area contributed by atoms with E-state index in [1.165, 1.54) is 0 Å². The highest BCUT2D eigenvalue weighted by atomic mass is 31.2. The quantitative estimate of drug-likeness (QED) is 0.0666. The summed E-state index contributed by atoms with van der Waals surface area (Å²) in [6.07, 6.45) is 4.08. The Hall–Kier alpha value is -4.19. The molecule has 0 aliphatic carbocycles. The van der Waals surface area contributed by atoms with Crippen LogP contribution in [0.1, 0.15) is 62.2 Å². The molecule has 2 heterocycles. The summed E-state index contributed by atoms with van der Waals surface area (Å²) in [4.78, 5) is 22.9. The molecule has 4 N–H and O–H groups in total. The summed E-state index contributed by atoms with van der Waals surface area (Å²) in [5, 5.41) is 5.45. The summed E-state index contributed by atoms with van der Waals surface area (Å²) in [5.74, 6) is -0.101. The first-order valence-corrected chi connectivity index (χ1v) is 17.4. The third kappa shape index (κ3) is 9.49. The van der Waals surface area contributed by atoms with E-state index in [1.807, 2.05) is 81.4 Å². The van der Waals surface area contributed by atoms with Crippen LogP contribution in [-0.4, -0.2) is 42.9 Å². The Labute approximate surface area is 288 Å². The van der Waals surface area contributed by atoms with E-state index in [4.69, 9.17) is 24.0 Å². The van der Waals surface area contributed by atoms with Crippen molar-refractivity contribution < 1.29 is 27.5 Å². The molecule has 1 saturated heterocycles. The Balaban J connectivity index is 1.37. The number of carbonyl (C=O) groups excluding carboxylic acids is 1. The molecule has 1 atom stereocenters. The van der Waals surface area contributed by atoms with E-state index in [1.54, 1.807) is 30.4 Å². The largest absolute Gasteiger partial charge is 0.397 e. The van der Waals surface area contributed by atoms with Gasteiger partial charge in [0, 0.05) is 49.3 Å². The van der Waals surface area contributed by atoms with Crippen molar-refractivity contribution in [1.29, 1.82) is 0 Å². The molecule has 260 valence electrons. The maximum atomic E-state index is 16.5. The van der Waals surface area contributed by atoms with Gasteiger partial charge in [0.2, 0.25) is 0 Å². The first-order chi connectivity index (χ1) is 23.7. The smallest absolute Gasteiger partial charge is 0.334 e. The molecule has 3 aromatic carbocycles. The predicted molar refractivity (Wildman–Crippen MR) is 189 cm³/mol. The second-order valence-corrected chi connectivity index (χ2v) is 13.3. The highest BCUT2D eigenvalue weighted by molar-refractivity contribution is 7.41. The Bertz CT molecular complexity index is 1620. The normalized spacial score (nSPS) is 14.6. The summed E-state index contributed by atoms with van der Waals surface area (Å²) < 4.78 is 41.1. The number of nitrogens with one attached hydrogen (secondary N) is 2. The summed E-state index contributed by atoms with van der Waals surface area (Å²) in [6, 6.07) is 20.8. The third-order valence-corrected chi connectivity index (χ3v) is 9.20. The van der Waals surface area contributed by atoms with Crippen molar-refractivity contribution in [2.24, 2.45) is 0 Å². The molecule has 0 spiro atoms. The van der Waals surface area contributed by atoms with Crippen LogP contribution in [0.3, 0.4) is 0 Å². The second-order valence-electron chi connectivity index (χ2n) is 12.1. The van der Waals surface area contributed by atoms with Gasteiger partial charge in [0.1, 0.15) is 11.4 Å². The molecule has 0 radical (unpaired) electrons. The molecule has 4 aromatic rings. The lowest BCUT2D eigenvalue weighted by atomic mass is 9.95. The van der Waals surface area contributed by atoms with Gasteiger partial charge in [0.15, 0.2) is 5.82 Å². The van der Waals surface area contributed by atoms with Crippen molar-refractivity contribution in [2.45, 2.75) is 58.5 Å². The number of hydrogen-bond donors (Lipinski definition) is 3. The number of rotatable bonds is 15. The van der Waals surface area contributed by atoms with E-state index in [0.29, 0.717) is 61.1 Å². The van der Waals surface area contributed by atoms with Crippen LogP contribution in [0.15, 0.2) is 79.1 Å². The molecule has 13 heteroatoms. The minimum absolute atomic E-state index is 0.119. The van der Waals surface area contributed by atoms with Crippen molar-refractivity contribution >= 4 is 26.0 Å².